The molecule has 2 atom stereocenters. The number of carbonyl (C=O) groups is 1. The van der Waals surface area contributed by atoms with Crippen molar-refractivity contribution in [3.05, 3.63) is 0 Å². The predicted octanol–water partition coefficient (Wildman–Crippen LogP) is 1.63. The minimum atomic E-state index is -0.809. The highest BCUT2D eigenvalue weighted by atomic mass is 16.4. The topological polar surface area (TPSA) is 69.6 Å². The van der Waals surface area contributed by atoms with Gasteiger partial charge >= 0.3 is 5.97 Å². The van der Waals surface area contributed by atoms with Crippen LogP contribution in [0.5, 0.6) is 0 Å². The van der Waals surface area contributed by atoms with Gasteiger partial charge in [0.15, 0.2) is 0 Å². The molecule has 1 saturated carbocycles. The van der Waals surface area contributed by atoms with Crippen molar-refractivity contribution in [2.24, 2.45) is 11.3 Å². The predicted molar refractivity (Wildman–Crippen MR) is 66.9 cm³/mol. The maximum Gasteiger partial charge on any atom is 0.323 e. The molecule has 0 radical (unpaired) electrons. The maximum atomic E-state index is 11.6. The third kappa shape index (κ3) is 3.68. The fourth-order valence-electron chi connectivity index (χ4n) is 3.35. The van der Waals surface area contributed by atoms with E-state index in [2.05, 4.69) is 26.1 Å². The van der Waals surface area contributed by atoms with E-state index in [1.807, 2.05) is 0 Å². The molecule has 1 rings (SSSR count). The second kappa shape index (κ2) is 5.36. The van der Waals surface area contributed by atoms with Crippen molar-refractivity contribution >= 4 is 5.97 Å². The molecule has 0 heterocycles. The summed E-state index contributed by atoms with van der Waals surface area (Å²) in [6, 6.07) is 0. The van der Waals surface area contributed by atoms with Gasteiger partial charge in [0.1, 0.15) is 5.54 Å². The third-order valence-corrected chi connectivity index (χ3v) is 3.59. The molecule has 3 N–H and O–H groups in total. The normalized spacial score (nSPS) is 32.4. The highest BCUT2D eigenvalue weighted by Gasteiger charge is 2.47. The Morgan fingerprint density at radius 2 is 2.06 bits per heavy atom. The van der Waals surface area contributed by atoms with E-state index in [9.17, 15) is 9.90 Å². The largest absolute Gasteiger partial charge is 0.480 e. The minimum Gasteiger partial charge on any atom is -0.480 e. The molecule has 100 valence electrons. The molecule has 1 fully saturated rings. The first-order valence-electron chi connectivity index (χ1n) is 6.41. The van der Waals surface area contributed by atoms with Crippen LogP contribution in [0.1, 0.15) is 46.5 Å². The molecule has 0 spiro atoms. The lowest BCUT2D eigenvalue weighted by molar-refractivity contribution is -0.149. The van der Waals surface area contributed by atoms with E-state index >= 15 is 0 Å². The standard InChI is InChI=1S/C13H25NO3/c1-10-7-12(2,3)9-13(8-10,11(16)17)14-5-4-6-15/h10,14-15H,4-9H2,1-3H3,(H,16,17). The van der Waals surface area contributed by atoms with E-state index in [-0.39, 0.29) is 12.0 Å². The summed E-state index contributed by atoms with van der Waals surface area (Å²) >= 11 is 0. The molecule has 0 aromatic carbocycles. The summed E-state index contributed by atoms with van der Waals surface area (Å²) in [4.78, 5) is 11.6. The Morgan fingerprint density at radius 3 is 2.53 bits per heavy atom. The summed E-state index contributed by atoms with van der Waals surface area (Å²) in [7, 11) is 0. The van der Waals surface area contributed by atoms with Gasteiger partial charge in [-0.15, -0.1) is 0 Å². The van der Waals surface area contributed by atoms with Crippen LogP contribution < -0.4 is 5.32 Å². The van der Waals surface area contributed by atoms with Gasteiger partial charge < -0.3 is 15.5 Å². The van der Waals surface area contributed by atoms with Gasteiger partial charge in [-0.05, 0) is 43.6 Å². The Bertz CT molecular complexity index is 278. The number of aliphatic hydroxyl groups excluding tert-OH is 1. The molecule has 4 nitrogen and oxygen atoms in total. The maximum absolute atomic E-state index is 11.6. The van der Waals surface area contributed by atoms with Gasteiger partial charge in [0.25, 0.3) is 0 Å². The fourth-order valence-corrected chi connectivity index (χ4v) is 3.35. The summed E-state index contributed by atoms with van der Waals surface area (Å²) in [5.74, 6) is -0.341. The number of aliphatic hydroxyl groups is 1. The molecule has 0 saturated heterocycles. The molecule has 0 aromatic heterocycles. The molecular formula is C13H25NO3. The smallest absolute Gasteiger partial charge is 0.323 e. The van der Waals surface area contributed by atoms with Gasteiger partial charge in [-0.2, -0.15) is 0 Å². The van der Waals surface area contributed by atoms with Crippen LogP contribution in [-0.4, -0.2) is 34.9 Å². The monoisotopic (exact) mass is 243 g/mol. The Labute approximate surface area is 103 Å². The molecule has 17 heavy (non-hydrogen) atoms. The van der Waals surface area contributed by atoms with Crippen LogP contribution in [0.4, 0.5) is 0 Å². The zero-order valence-corrected chi connectivity index (χ0v) is 11.1. The summed E-state index contributed by atoms with van der Waals surface area (Å²) in [5.41, 5.74) is -0.751. The second-order valence-electron chi connectivity index (χ2n) is 6.25. The van der Waals surface area contributed by atoms with Crippen molar-refractivity contribution in [1.82, 2.24) is 5.32 Å². The molecule has 1 aliphatic carbocycles. The lowest BCUT2D eigenvalue weighted by Crippen LogP contribution is -2.58. The number of carboxylic acids is 1. The van der Waals surface area contributed by atoms with Gasteiger partial charge in [0.05, 0.1) is 0 Å². The fraction of sp³-hybridized carbons (Fsp3) is 0.923. The second-order valence-corrected chi connectivity index (χ2v) is 6.25. The van der Waals surface area contributed by atoms with E-state index in [1.54, 1.807) is 0 Å². The molecule has 0 amide bonds. The van der Waals surface area contributed by atoms with Crippen LogP contribution in [0, 0.1) is 11.3 Å². The van der Waals surface area contributed by atoms with Crippen LogP contribution in [0.25, 0.3) is 0 Å². The molecule has 0 aliphatic heterocycles. The molecule has 1 aliphatic rings. The molecule has 0 bridgehead atoms. The molecule has 0 aromatic rings. The summed E-state index contributed by atoms with van der Waals surface area (Å²) < 4.78 is 0. The van der Waals surface area contributed by atoms with E-state index in [4.69, 9.17) is 5.11 Å². The zero-order valence-electron chi connectivity index (χ0n) is 11.1. The van der Waals surface area contributed by atoms with E-state index in [1.165, 1.54) is 0 Å². The number of carboxylic acid groups (broad SMARTS) is 1. The number of hydrogen-bond donors (Lipinski definition) is 3. The Balaban J connectivity index is 2.79. The van der Waals surface area contributed by atoms with Gasteiger partial charge in [0.2, 0.25) is 0 Å². The van der Waals surface area contributed by atoms with Crippen molar-refractivity contribution in [1.29, 1.82) is 0 Å². The average Bonchev–Trinajstić information content (AvgIpc) is 2.14. The van der Waals surface area contributed by atoms with Crippen LogP contribution in [0.15, 0.2) is 0 Å². The molecular weight excluding hydrogens is 218 g/mol. The quantitative estimate of drug-likeness (QED) is 0.642. The minimum absolute atomic E-state index is 0.0578. The van der Waals surface area contributed by atoms with E-state index < -0.39 is 11.5 Å². The molecule has 2 unspecified atom stereocenters. The number of rotatable bonds is 5. The van der Waals surface area contributed by atoms with Crippen LogP contribution >= 0.6 is 0 Å². The SMILES string of the molecule is CC1CC(C)(C)CC(NCCCO)(C(=O)O)C1. The highest BCUT2D eigenvalue weighted by Crippen LogP contribution is 2.43. The van der Waals surface area contributed by atoms with E-state index in [0.29, 0.717) is 31.7 Å². The van der Waals surface area contributed by atoms with Crippen molar-refractivity contribution in [3.8, 4) is 0 Å². The van der Waals surface area contributed by atoms with Crippen molar-refractivity contribution in [2.45, 2.75) is 52.0 Å². The first-order chi connectivity index (χ1) is 7.81. The van der Waals surface area contributed by atoms with Gasteiger partial charge in [0, 0.05) is 6.61 Å². The summed E-state index contributed by atoms with van der Waals surface area (Å²) in [5, 5.41) is 21.5. The van der Waals surface area contributed by atoms with Crippen molar-refractivity contribution in [2.75, 3.05) is 13.2 Å². The number of hydrogen-bond acceptors (Lipinski definition) is 3. The van der Waals surface area contributed by atoms with E-state index in [0.717, 1.165) is 6.42 Å². The van der Waals surface area contributed by atoms with Crippen LogP contribution in [0.3, 0.4) is 0 Å². The van der Waals surface area contributed by atoms with Crippen LogP contribution in [0.2, 0.25) is 0 Å². The van der Waals surface area contributed by atoms with Crippen molar-refractivity contribution < 1.29 is 15.0 Å². The van der Waals surface area contributed by atoms with Gasteiger partial charge in [-0.3, -0.25) is 4.79 Å². The Morgan fingerprint density at radius 1 is 1.41 bits per heavy atom. The molecule has 4 heteroatoms. The number of aliphatic carboxylic acids is 1. The van der Waals surface area contributed by atoms with Crippen LogP contribution in [-0.2, 0) is 4.79 Å². The lowest BCUT2D eigenvalue weighted by Gasteiger charge is -2.45. The first-order valence-corrected chi connectivity index (χ1v) is 6.41. The average molecular weight is 243 g/mol. The van der Waals surface area contributed by atoms with Gasteiger partial charge in [-0.25, -0.2) is 0 Å². The summed E-state index contributed by atoms with van der Waals surface area (Å²) in [6.07, 6.45) is 3.01. The lowest BCUT2D eigenvalue weighted by atomic mass is 9.64. The number of nitrogens with one attached hydrogen (secondary N) is 1. The third-order valence-electron chi connectivity index (χ3n) is 3.59. The Hall–Kier alpha value is -0.610. The zero-order chi connectivity index (χ0) is 13.1. The van der Waals surface area contributed by atoms with Crippen molar-refractivity contribution in [3.63, 3.8) is 0 Å². The highest BCUT2D eigenvalue weighted by molar-refractivity contribution is 5.79. The van der Waals surface area contributed by atoms with Gasteiger partial charge in [-0.1, -0.05) is 20.8 Å². The first kappa shape index (κ1) is 14.5. The summed E-state index contributed by atoms with van der Waals surface area (Å²) in [6.45, 7) is 7.04. The Kier molecular flexibility index (Phi) is 4.55.